The molecule has 3 aromatic rings. The normalized spacial score (nSPS) is 22.5. The summed E-state index contributed by atoms with van der Waals surface area (Å²) in [6, 6.07) is 6.93. The second-order valence-electron chi connectivity index (χ2n) is 7.72. The molecule has 8 nitrogen and oxygen atoms in total. The number of alkyl halides is 3. The van der Waals surface area contributed by atoms with Crippen LogP contribution in [0.25, 0.3) is 0 Å². The van der Waals surface area contributed by atoms with Gasteiger partial charge >= 0.3 is 6.61 Å². The van der Waals surface area contributed by atoms with Gasteiger partial charge in [0.25, 0.3) is 0 Å². The lowest BCUT2D eigenvalue weighted by molar-refractivity contribution is -0.0498. The molecule has 0 spiro atoms. The molecule has 0 amide bonds. The zero-order chi connectivity index (χ0) is 23.5. The highest BCUT2D eigenvalue weighted by molar-refractivity contribution is 6.10. The van der Waals surface area contributed by atoms with Gasteiger partial charge in [-0.3, -0.25) is 9.48 Å². The van der Waals surface area contributed by atoms with Crippen molar-refractivity contribution in [2.45, 2.75) is 37.9 Å². The molecule has 2 N–H and O–H groups in total. The van der Waals surface area contributed by atoms with Crippen LogP contribution >= 0.6 is 0 Å². The van der Waals surface area contributed by atoms with E-state index in [-0.39, 0.29) is 35.8 Å². The number of aliphatic hydroxyl groups is 1. The molecule has 1 aromatic carbocycles. The van der Waals surface area contributed by atoms with Gasteiger partial charge in [-0.05, 0) is 43.0 Å². The summed E-state index contributed by atoms with van der Waals surface area (Å²) < 4.78 is 45.1. The number of ketones is 1. The van der Waals surface area contributed by atoms with Crippen molar-refractivity contribution in [3.05, 3.63) is 72.8 Å². The molecule has 1 fully saturated rings. The smallest absolute Gasteiger partial charge is 0.387 e. The van der Waals surface area contributed by atoms with E-state index in [1.807, 2.05) is 0 Å². The zero-order valence-corrected chi connectivity index (χ0v) is 17.3. The Bertz CT molecular complexity index is 1130. The molecule has 4 rings (SSSR count). The van der Waals surface area contributed by atoms with Crippen LogP contribution in [-0.4, -0.2) is 55.6 Å². The molecule has 2 heterocycles. The van der Waals surface area contributed by atoms with E-state index in [9.17, 15) is 23.1 Å². The standard InChI is InChI=1S/C22H21F3N5O3/c1-12-7-17(18(23)19(12)31)28-21-15(9-26-11-27-21)20(32)16-5-6-30(29-16)10-13-3-2-4-14(8-13)33-22(24)25/h2-6,8-9,11-12,17-19,22,31H,1,7,10H2,(H,26,27,28)/t12-,17-,18-,19-/m1/s1. The minimum absolute atomic E-state index is 0.0239. The number of hydrogen-bond acceptors (Lipinski definition) is 7. The third kappa shape index (κ3) is 5.14. The van der Waals surface area contributed by atoms with Crippen molar-refractivity contribution in [1.82, 2.24) is 19.7 Å². The Labute approximate surface area is 187 Å². The van der Waals surface area contributed by atoms with Crippen molar-refractivity contribution in [3.8, 4) is 5.75 Å². The van der Waals surface area contributed by atoms with Crippen molar-refractivity contribution in [2.75, 3.05) is 5.32 Å². The summed E-state index contributed by atoms with van der Waals surface area (Å²) in [5.41, 5.74) is 0.854. The Morgan fingerprint density at radius 3 is 2.91 bits per heavy atom. The molecule has 2 aromatic heterocycles. The van der Waals surface area contributed by atoms with Crippen LogP contribution in [0.4, 0.5) is 19.0 Å². The van der Waals surface area contributed by atoms with Gasteiger partial charge in [-0.1, -0.05) is 12.1 Å². The van der Waals surface area contributed by atoms with Gasteiger partial charge in [-0.2, -0.15) is 13.9 Å². The maximum atomic E-state index is 14.3. The number of hydrogen-bond donors (Lipinski definition) is 2. The molecule has 1 radical (unpaired) electrons. The highest BCUT2D eigenvalue weighted by atomic mass is 19.3. The van der Waals surface area contributed by atoms with Gasteiger partial charge in [0.1, 0.15) is 29.8 Å². The Morgan fingerprint density at radius 1 is 1.36 bits per heavy atom. The van der Waals surface area contributed by atoms with E-state index in [0.717, 1.165) is 0 Å². The van der Waals surface area contributed by atoms with Crippen LogP contribution in [0, 0.1) is 12.8 Å². The van der Waals surface area contributed by atoms with E-state index in [1.54, 1.807) is 18.3 Å². The van der Waals surface area contributed by atoms with Crippen molar-refractivity contribution in [1.29, 1.82) is 0 Å². The number of carbonyl (C=O) groups excluding carboxylic acids is 1. The molecule has 33 heavy (non-hydrogen) atoms. The fourth-order valence-electron chi connectivity index (χ4n) is 3.73. The van der Waals surface area contributed by atoms with Gasteiger partial charge in [0.2, 0.25) is 5.78 Å². The number of ether oxygens (including phenoxy) is 1. The molecule has 11 heteroatoms. The van der Waals surface area contributed by atoms with Gasteiger partial charge in [-0.15, -0.1) is 0 Å². The molecule has 1 aliphatic carbocycles. The molecule has 0 saturated heterocycles. The molecule has 0 aliphatic heterocycles. The number of nitrogens with zero attached hydrogens (tertiary/aromatic N) is 4. The molecule has 1 saturated carbocycles. The van der Waals surface area contributed by atoms with Gasteiger partial charge in [0.15, 0.2) is 0 Å². The molecular formula is C22H21F3N5O3. The van der Waals surface area contributed by atoms with Crippen LogP contribution in [0.15, 0.2) is 49.1 Å². The first kappa shape index (κ1) is 22.7. The van der Waals surface area contributed by atoms with Gasteiger partial charge in [0, 0.05) is 12.4 Å². The Kier molecular flexibility index (Phi) is 6.59. The number of nitrogens with one attached hydrogen (secondary N) is 1. The largest absolute Gasteiger partial charge is 0.435 e. The average molecular weight is 460 g/mol. The Morgan fingerprint density at radius 2 is 2.18 bits per heavy atom. The second kappa shape index (κ2) is 9.57. The number of aromatic nitrogens is 4. The van der Waals surface area contributed by atoms with E-state index in [0.29, 0.717) is 5.56 Å². The maximum Gasteiger partial charge on any atom is 0.387 e. The van der Waals surface area contributed by atoms with E-state index in [1.165, 1.54) is 35.4 Å². The van der Waals surface area contributed by atoms with E-state index < -0.39 is 36.6 Å². The van der Waals surface area contributed by atoms with E-state index in [2.05, 4.69) is 32.0 Å². The molecule has 173 valence electrons. The molecule has 0 bridgehead atoms. The number of aliphatic hydroxyl groups excluding tert-OH is 1. The summed E-state index contributed by atoms with van der Waals surface area (Å²) in [5.74, 6) is -0.795. The average Bonchev–Trinajstić information content (AvgIpc) is 3.34. The first-order valence-corrected chi connectivity index (χ1v) is 10.2. The molecular weight excluding hydrogens is 439 g/mol. The maximum absolute atomic E-state index is 14.3. The number of benzene rings is 1. The van der Waals surface area contributed by atoms with Crippen LogP contribution in [-0.2, 0) is 6.54 Å². The quantitative estimate of drug-likeness (QED) is 0.499. The van der Waals surface area contributed by atoms with Crippen molar-refractivity contribution in [3.63, 3.8) is 0 Å². The number of anilines is 1. The van der Waals surface area contributed by atoms with Crippen LogP contribution in [0.2, 0.25) is 0 Å². The molecule has 0 unspecified atom stereocenters. The summed E-state index contributed by atoms with van der Waals surface area (Å²) >= 11 is 0. The third-order valence-corrected chi connectivity index (χ3v) is 5.37. The summed E-state index contributed by atoms with van der Waals surface area (Å²) in [6.07, 6.45) is 1.65. The highest BCUT2D eigenvalue weighted by Crippen LogP contribution is 2.31. The third-order valence-electron chi connectivity index (χ3n) is 5.37. The lowest BCUT2D eigenvalue weighted by Gasteiger charge is -2.18. The summed E-state index contributed by atoms with van der Waals surface area (Å²) in [6.45, 7) is 1.03. The van der Waals surface area contributed by atoms with Crippen LogP contribution < -0.4 is 10.1 Å². The van der Waals surface area contributed by atoms with Gasteiger partial charge in [-0.25, -0.2) is 14.4 Å². The van der Waals surface area contributed by atoms with Crippen LogP contribution in [0.5, 0.6) is 5.75 Å². The number of carbonyl (C=O) groups is 1. The van der Waals surface area contributed by atoms with E-state index in [4.69, 9.17) is 0 Å². The lowest BCUT2D eigenvalue weighted by Crippen LogP contribution is -2.32. The van der Waals surface area contributed by atoms with Gasteiger partial charge < -0.3 is 15.2 Å². The van der Waals surface area contributed by atoms with Crippen LogP contribution in [0.1, 0.15) is 28.0 Å². The Hall–Kier alpha value is -3.47. The predicted molar refractivity (Wildman–Crippen MR) is 112 cm³/mol. The molecule has 4 atom stereocenters. The highest BCUT2D eigenvalue weighted by Gasteiger charge is 2.41. The second-order valence-corrected chi connectivity index (χ2v) is 7.72. The lowest BCUT2D eigenvalue weighted by atomic mass is 10.1. The summed E-state index contributed by atoms with van der Waals surface area (Å²) in [7, 11) is 0. The van der Waals surface area contributed by atoms with Gasteiger partial charge in [0.05, 0.1) is 24.3 Å². The molecule has 1 aliphatic rings. The topological polar surface area (TPSA) is 102 Å². The minimum atomic E-state index is -2.93. The van der Waals surface area contributed by atoms with Crippen LogP contribution in [0.3, 0.4) is 0 Å². The number of halogens is 3. The zero-order valence-electron chi connectivity index (χ0n) is 17.3. The van der Waals surface area contributed by atoms with E-state index >= 15 is 0 Å². The monoisotopic (exact) mass is 460 g/mol. The Balaban J connectivity index is 1.49. The van der Waals surface area contributed by atoms with Crippen molar-refractivity contribution in [2.24, 2.45) is 5.92 Å². The summed E-state index contributed by atoms with van der Waals surface area (Å²) in [4.78, 5) is 21.0. The SMILES string of the molecule is [CH2][C@@H]1C[C@@H](Nc2ncncc2C(=O)c2ccn(Cc3cccc(OC(F)F)c3)n2)[C@@H](F)[C@@H]1O. The van der Waals surface area contributed by atoms with Crippen molar-refractivity contribution >= 4 is 11.6 Å². The predicted octanol–water partition coefficient (Wildman–Crippen LogP) is 2.89. The van der Waals surface area contributed by atoms with Crippen molar-refractivity contribution < 1.29 is 27.8 Å². The fourth-order valence-corrected chi connectivity index (χ4v) is 3.73. The first-order valence-electron chi connectivity index (χ1n) is 10.2. The fraction of sp³-hybridized carbons (Fsp3) is 0.318. The summed E-state index contributed by atoms with van der Waals surface area (Å²) in [5, 5.41) is 17.0. The number of rotatable bonds is 8. The first-order chi connectivity index (χ1) is 15.8. The minimum Gasteiger partial charge on any atom is -0.435 e.